The summed E-state index contributed by atoms with van der Waals surface area (Å²) in [5, 5.41) is 3.03. The van der Waals surface area contributed by atoms with Gasteiger partial charge in [0.25, 0.3) is 0 Å². The van der Waals surface area contributed by atoms with Gasteiger partial charge >= 0.3 is 0 Å². The van der Waals surface area contributed by atoms with E-state index in [4.69, 9.17) is 0 Å². The third kappa shape index (κ3) is 3.61. The summed E-state index contributed by atoms with van der Waals surface area (Å²) >= 11 is 0. The van der Waals surface area contributed by atoms with Crippen molar-refractivity contribution in [3.8, 4) is 0 Å². The Bertz CT molecular complexity index is 1020. The van der Waals surface area contributed by atoms with E-state index in [9.17, 15) is 9.59 Å². The van der Waals surface area contributed by atoms with E-state index < -0.39 is 0 Å². The highest BCUT2D eigenvalue weighted by molar-refractivity contribution is 5.99. The molecule has 0 radical (unpaired) electrons. The van der Waals surface area contributed by atoms with Crippen molar-refractivity contribution in [2.75, 3.05) is 5.32 Å². The van der Waals surface area contributed by atoms with Crippen LogP contribution in [0.4, 0.5) is 5.69 Å². The van der Waals surface area contributed by atoms with Crippen LogP contribution in [-0.2, 0) is 10.2 Å². The fraction of sp³-hybridized carbons (Fsp3) is 0.231. The number of Topliss-reactive ketones (excluding diaryl/α,β-unsaturated/α-hetero) is 1. The summed E-state index contributed by atoms with van der Waals surface area (Å²) in [6.45, 7) is 5.67. The predicted octanol–water partition coefficient (Wildman–Crippen LogP) is 5.45. The Hall–Kier alpha value is -3.20. The third-order valence-electron chi connectivity index (χ3n) is 5.95. The number of anilines is 1. The highest BCUT2D eigenvalue weighted by Crippen LogP contribution is 2.59. The highest BCUT2D eigenvalue weighted by Gasteiger charge is 2.60. The van der Waals surface area contributed by atoms with Gasteiger partial charge in [0, 0.05) is 16.7 Å². The second-order valence-corrected chi connectivity index (χ2v) is 8.09. The van der Waals surface area contributed by atoms with E-state index in [1.54, 1.807) is 18.2 Å². The number of aryl methyl sites for hydroxylation is 2. The zero-order chi connectivity index (χ0) is 20.6. The summed E-state index contributed by atoms with van der Waals surface area (Å²) in [6.07, 6.45) is 0.775. The van der Waals surface area contributed by atoms with Crippen LogP contribution in [0.15, 0.2) is 72.8 Å². The molecule has 1 aliphatic rings. The molecule has 0 aromatic heterocycles. The molecular weight excluding hydrogens is 358 g/mol. The van der Waals surface area contributed by atoms with Crippen LogP contribution in [0, 0.1) is 19.8 Å². The normalized spacial score (nSPS) is 16.9. The van der Waals surface area contributed by atoms with Crippen LogP contribution in [-0.4, -0.2) is 11.7 Å². The second kappa shape index (κ2) is 7.32. The molecule has 3 nitrogen and oxygen atoms in total. The van der Waals surface area contributed by atoms with E-state index in [0.29, 0.717) is 11.3 Å². The maximum absolute atomic E-state index is 13.2. The van der Waals surface area contributed by atoms with E-state index >= 15 is 0 Å². The number of carbonyl (C=O) groups excluding carboxylic acids is 2. The lowest BCUT2D eigenvalue weighted by molar-refractivity contribution is -0.117. The van der Waals surface area contributed by atoms with Gasteiger partial charge in [0.1, 0.15) is 0 Å². The molecule has 1 saturated carbocycles. The van der Waals surface area contributed by atoms with Crippen LogP contribution in [0.25, 0.3) is 0 Å². The SMILES string of the molecule is CC(=O)c1cccc(NC(=O)[C@H]2CC2(c2ccc(C)cc2)c2ccc(C)cc2)c1. The van der Waals surface area contributed by atoms with Gasteiger partial charge in [-0.05, 0) is 50.5 Å². The average Bonchev–Trinajstić information content (AvgIpc) is 3.46. The molecule has 4 rings (SSSR count). The van der Waals surface area contributed by atoms with Crippen molar-refractivity contribution in [3.63, 3.8) is 0 Å². The number of carbonyl (C=O) groups is 2. The summed E-state index contributed by atoms with van der Waals surface area (Å²) in [5.74, 6) is -0.165. The first kappa shape index (κ1) is 19.1. The van der Waals surface area contributed by atoms with E-state index in [0.717, 1.165) is 6.42 Å². The Labute approximate surface area is 171 Å². The molecule has 3 aromatic rings. The van der Waals surface area contributed by atoms with E-state index in [-0.39, 0.29) is 23.0 Å². The van der Waals surface area contributed by atoms with Crippen molar-refractivity contribution >= 4 is 17.4 Å². The molecule has 1 atom stereocenters. The topological polar surface area (TPSA) is 46.2 Å². The lowest BCUT2D eigenvalue weighted by Crippen LogP contribution is -2.22. The van der Waals surface area contributed by atoms with Gasteiger partial charge in [-0.15, -0.1) is 0 Å². The monoisotopic (exact) mass is 383 g/mol. The van der Waals surface area contributed by atoms with Gasteiger partial charge in [0.05, 0.1) is 5.92 Å². The van der Waals surface area contributed by atoms with Crippen LogP contribution < -0.4 is 5.32 Å². The van der Waals surface area contributed by atoms with Crippen molar-refractivity contribution in [2.24, 2.45) is 5.92 Å². The highest BCUT2D eigenvalue weighted by atomic mass is 16.2. The zero-order valence-corrected chi connectivity index (χ0v) is 17.0. The number of amides is 1. The molecule has 0 saturated heterocycles. The standard InChI is InChI=1S/C26H25NO2/c1-17-7-11-21(12-8-17)26(22-13-9-18(2)10-14-22)16-24(26)25(29)27-23-6-4-5-20(15-23)19(3)28/h4-15,24H,16H2,1-3H3,(H,27,29)/t24-/m1/s1. The lowest BCUT2D eigenvalue weighted by Gasteiger charge is -2.19. The minimum Gasteiger partial charge on any atom is -0.326 e. The molecule has 1 fully saturated rings. The molecule has 0 heterocycles. The molecular formula is C26H25NO2. The van der Waals surface area contributed by atoms with Gasteiger partial charge in [-0.25, -0.2) is 0 Å². The van der Waals surface area contributed by atoms with Gasteiger partial charge in [0.15, 0.2) is 5.78 Å². The van der Waals surface area contributed by atoms with Gasteiger partial charge < -0.3 is 5.32 Å². The Morgan fingerprint density at radius 1 is 0.862 bits per heavy atom. The minimum atomic E-state index is -0.302. The summed E-state index contributed by atoms with van der Waals surface area (Å²) in [4.78, 5) is 24.8. The van der Waals surface area contributed by atoms with Crippen LogP contribution >= 0.6 is 0 Å². The molecule has 1 aliphatic carbocycles. The first-order chi connectivity index (χ1) is 13.9. The maximum atomic E-state index is 13.2. The Morgan fingerprint density at radius 3 is 1.93 bits per heavy atom. The molecule has 3 aromatic carbocycles. The fourth-order valence-corrected chi connectivity index (χ4v) is 4.13. The second-order valence-electron chi connectivity index (χ2n) is 8.09. The summed E-state index contributed by atoms with van der Waals surface area (Å²) in [5.41, 5.74) is 5.71. The lowest BCUT2D eigenvalue weighted by atomic mass is 9.85. The zero-order valence-electron chi connectivity index (χ0n) is 17.0. The average molecular weight is 383 g/mol. The summed E-state index contributed by atoms with van der Waals surface area (Å²) in [7, 11) is 0. The van der Waals surface area contributed by atoms with Crippen molar-refractivity contribution in [3.05, 3.63) is 101 Å². The predicted molar refractivity (Wildman–Crippen MR) is 116 cm³/mol. The molecule has 0 aliphatic heterocycles. The van der Waals surface area contributed by atoms with Crippen LogP contribution in [0.2, 0.25) is 0 Å². The quantitative estimate of drug-likeness (QED) is 0.596. The van der Waals surface area contributed by atoms with Gasteiger partial charge in [0.2, 0.25) is 5.91 Å². The number of rotatable bonds is 5. The third-order valence-corrected chi connectivity index (χ3v) is 5.95. The molecule has 146 valence electrons. The minimum absolute atomic E-state index is 0.00754. The van der Waals surface area contributed by atoms with Crippen LogP contribution in [0.1, 0.15) is 46.0 Å². The molecule has 1 N–H and O–H groups in total. The van der Waals surface area contributed by atoms with E-state index in [1.807, 2.05) is 6.07 Å². The van der Waals surface area contributed by atoms with E-state index in [2.05, 4.69) is 67.7 Å². The van der Waals surface area contributed by atoms with Gasteiger partial charge in [-0.1, -0.05) is 71.8 Å². The maximum Gasteiger partial charge on any atom is 0.228 e. The van der Waals surface area contributed by atoms with E-state index in [1.165, 1.54) is 29.2 Å². The number of benzene rings is 3. The van der Waals surface area contributed by atoms with Gasteiger partial charge in [-0.2, -0.15) is 0 Å². The Morgan fingerprint density at radius 2 is 1.41 bits per heavy atom. The summed E-state index contributed by atoms with van der Waals surface area (Å²) in [6, 6.07) is 24.1. The molecule has 0 unspecified atom stereocenters. The van der Waals surface area contributed by atoms with Crippen LogP contribution in [0.3, 0.4) is 0 Å². The largest absolute Gasteiger partial charge is 0.326 e. The molecule has 1 amide bonds. The van der Waals surface area contributed by atoms with Crippen molar-refractivity contribution in [1.82, 2.24) is 0 Å². The molecule has 0 spiro atoms. The number of hydrogen-bond donors (Lipinski definition) is 1. The Kier molecular flexibility index (Phi) is 4.83. The molecule has 29 heavy (non-hydrogen) atoms. The number of hydrogen-bond acceptors (Lipinski definition) is 2. The first-order valence-corrected chi connectivity index (χ1v) is 9.96. The number of ketones is 1. The van der Waals surface area contributed by atoms with Crippen molar-refractivity contribution in [1.29, 1.82) is 0 Å². The fourth-order valence-electron chi connectivity index (χ4n) is 4.13. The first-order valence-electron chi connectivity index (χ1n) is 9.96. The number of nitrogens with one attached hydrogen (secondary N) is 1. The van der Waals surface area contributed by atoms with Crippen molar-refractivity contribution in [2.45, 2.75) is 32.6 Å². The van der Waals surface area contributed by atoms with Crippen LogP contribution in [0.5, 0.6) is 0 Å². The van der Waals surface area contributed by atoms with Crippen molar-refractivity contribution < 1.29 is 9.59 Å². The smallest absolute Gasteiger partial charge is 0.228 e. The Balaban J connectivity index is 1.65. The summed E-state index contributed by atoms with van der Waals surface area (Å²) < 4.78 is 0. The molecule has 0 bridgehead atoms. The molecule has 3 heteroatoms. The van der Waals surface area contributed by atoms with Gasteiger partial charge in [-0.3, -0.25) is 9.59 Å².